The maximum Gasteiger partial charge on any atom is 0.230 e. The highest BCUT2D eigenvalue weighted by molar-refractivity contribution is 7.09. The summed E-state index contributed by atoms with van der Waals surface area (Å²) in [5.41, 5.74) is 4.86. The molecule has 2 heterocycles. The second-order valence-corrected chi connectivity index (χ2v) is 7.12. The van der Waals surface area contributed by atoms with E-state index in [-0.39, 0.29) is 12.3 Å². The standard InChI is InChI=1S/C20H21N3O2S/c1-13-4-6-16(8-14(13)2)22-19(24)9-17-12-26-20(23-17)11-25-18-7-5-15(3)21-10-18/h4-8,10,12H,9,11H2,1-3H3,(H,22,24). The molecular formula is C20H21N3O2S. The van der Waals surface area contributed by atoms with E-state index in [0.29, 0.717) is 12.4 Å². The third-order valence-electron chi connectivity index (χ3n) is 3.98. The van der Waals surface area contributed by atoms with E-state index < -0.39 is 0 Å². The molecule has 1 N–H and O–H groups in total. The van der Waals surface area contributed by atoms with Crippen LogP contribution in [0.15, 0.2) is 41.9 Å². The zero-order valence-electron chi connectivity index (χ0n) is 15.1. The number of hydrogen-bond acceptors (Lipinski definition) is 5. The molecule has 5 nitrogen and oxygen atoms in total. The Morgan fingerprint density at radius 2 is 2.00 bits per heavy atom. The van der Waals surface area contributed by atoms with Gasteiger partial charge in [0.15, 0.2) is 0 Å². The first-order valence-corrected chi connectivity index (χ1v) is 9.23. The van der Waals surface area contributed by atoms with Gasteiger partial charge >= 0.3 is 0 Å². The topological polar surface area (TPSA) is 64.1 Å². The van der Waals surface area contributed by atoms with Crippen molar-refractivity contribution >= 4 is 22.9 Å². The number of thiazole rings is 1. The zero-order valence-corrected chi connectivity index (χ0v) is 15.9. The van der Waals surface area contributed by atoms with Crippen LogP contribution < -0.4 is 10.1 Å². The van der Waals surface area contributed by atoms with Crippen molar-refractivity contribution in [3.8, 4) is 5.75 Å². The molecule has 3 rings (SSSR count). The second kappa shape index (κ2) is 8.10. The van der Waals surface area contributed by atoms with Crippen LogP contribution in [0.1, 0.15) is 27.5 Å². The van der Waals surface area contributed by atoms with Crippen molar-refractivity contribution in [3.63, 3.8) is 0 Å². The number of nitrogens with zero attached hydrogens (tertiary/aromatic N) is 2. The van der Waals surface area contributed by atoms with Gasteiger partial charge in [0.2, 0.25) is 5.91 Å². The smallest absolute Gasteiger partial charge is 0.230 e. The Morgan fingerprint density at radius 3 is 2.73 bits per heavy atom. The predicted molar refractivity (Wildman–Crippen MR) is 104 cm³/mol. The maximum atomic E-state index is 12.2. The van der Waals surface area contributed by atoms with Crippen molar-refractivity contribution in [3.05, 3.63) is 69.4 Å². The lowest BCUT2D eigenvalue weighted by molar-refractivity contribution is -0.115. The van der Waals surface area contributed by atoms with Gasteiger partial charge in [0, 0.05) is 16.8 Å². The zero-order chi connectivity index (χ0) is 18.5. The van der Waals surface area contributed by atoms with E-state index in [0.717, 1.165) is 27.6 Å². The highest BCUT2D eigenvalue weighted by atomic mass is 32.1. The fraction of sp³-hybridized carbons (Fsp3) is 0.250. The Morgan fingerprint density at radius 1 is 1.15 bits per heavy atom. The molecule has 0 aliphatic rings. The van der Waals surface area contributed by atoms with Crippen LogP contribution in [0.5, 0.6) is 5.75 Å². The number of amides is 1. The minimum absolute atomic E-state index is 0.0752. The lowest BCUT2D eigenvalue weighted by Gasteiger charge is -2.07. The molecule has 6 heteroatoms. The van der Waals surface area contributed by atoms with E-state index in [1.54, 1.807) is 6.20 Å². The number of rotatable bonds is 6. The van der Waals surface area contributed by atoms with Crippen LogP contribution in [-0.2, 0) is 17.8 Å². The van der Waals surface area contributed by atoms with Crippen molar-refractivity contribution in [2.75, 3.05) is 5.32 Å². The van der Waals surface area contributed by atoms with Gasteiger partial charge < -0.3 is 10.1 Å². The first-order chi connectivity index (χ1) is 12.5. The van der Waals surface area contributed by atoms with Crippen molar-refractivity contribution < 1.29 is 9.53 Å². The molecule has 1 amide bonds. The molecule has 0 atom stereocenters. The summed E-state index contributed by atoms with van der Waals surface area (Å²) in [6, 6.07) is 9.68. The molecule has 134 valence electrons. The summed E-state index contributed by atoms with van der Waals surface area (Å²) < 4.78 is 5.67. The number of ether oxygens (including phenoxy) is 1. The molecular weight excluding hydrogens is 346 g/mol. The van der Waals surface area contributed by atoms with Gasteiger partial charge in [-0.2, -0.15) is 0 Å². The largest absolute Gasteiger partial charge is 0.485 e. The molecule has 0 aliphatic carbocycles. The Bertz CT molecular complexity index is 904. The highest BCUT2D eigenvalue weighted by Gasteiger charge is 2.09. The van der Waals surface area contributed by atoms with Crippen molar-refractivity contribution in [1.82, 2.24) is 9.97 Å². The second-order valence-electron chi connectivity index (χ2n) is 6.18. The van der Waals surface area contributed by atoms with Crippen molar-refractivity contribution in [1.29, 1.82) is 0 Å². The number of aryl methyl sites for hydroxylation is 3. The van der Waals surface area contributed by atoms with Crippen LogP contribution in [0, 0.1) is 20.8 Å². The fourth-order valence-electron chi connectivity index (χ4n) is 2.37. The molecule has 0 aliphatic heterocycles. The van der Waals surface area contributed by atoms with Crippen LogP contribution in [-0.4, -0.2) is 15.9 Å². The average Bonchev–Trinajstić information content (AvgIpc) is 3.05. The summed E-state index contributed by atoms with van der Waals surface area (Å²) >= 11 is 1.49. The van der Waals surface area contributed by atoms with Crippen LogP contribution >= 0.6 is 11.3 Å². The highest BCUT2D eigenvalue weighted by Crippen LogP contribution is 2.17. The average molecular weight is 367 g/mol. The van der Waals surface area contributed by atoms with E-state index >= 15 is 0 Å². The van der Waals surface area contributed by atoms with E-state index in [1.807, 2.05) is 56.5 Å². The molecule has 0 bridgehead atoms. The van der Waals surface area contributed by atoms with E-state index in [2.05, 4.69) is 15.3 Å². The molecule has 0 radical (unpaired) electrons. The summed E-state index contributed by atoms with van der Waals surface area (Å²) in [4.78, 5) is 20.9. The minimum Gasteiger partial charge on any atom is -0.485 e. The number of hydrogen-bond donors (Lipinski definition) is 1. The maximum absolute atomic E-state index is 12.2. The number of pyridine rings is 1. The summed E-state index contributed by atoms with van der Waals surface area (Å²) in [6.45, 7) is 6.38. The van der Waals surface area contributed by atoms with Gasteiger partial charge in [-0.3, -0.25) is 9.78 Å². The molecule has 0 fully saturated rings. The van der Waals surface area contributed by atoms with Crippen LogP contribution in [0.25, 0.3) is 0 Å². The lowest BCUT2D eigenvalue weighted by Crippen LogP contribution is -2.14. The van der Waals surface area contributed by atoms with Crippen LogP contribution in [0.3, 0.4) is 0 Å². The number of benzene rings is 1. The molecule has 2 aromatic heterocycles. The molecule has 3 aromatic rings. The third-order valence-corrected chi connectivity index (χ3v) is 4.85. The van der Waals surface area contributed by atoms with Gasteiger partial charge in [-0.15, -0.1) is 11.3 Å². The number of carbonyl (C=O) groups excluding carboxylic acids is 1. The Balaban J connectivity index is 1.53. The van der Waals surface area contributed by atoms with E-state index in [1.165, 1.54) is 16.9 Å². The number of anilines is 1. The Kier molecular flexibility index (Phi) is 5.63. The summed E-state index contributed by atoms with van der Waals surface area (Å²) in [5.74, 6) is 0.633. The summed E-state index contributed by atoms with van der Waals surface area (Å²) in [6.07, 6.45) is 1.94. The Labute approximate surface area is 157 Å². The van der Waals surface area contributed by atoms with Gasteiger partial charge in [-0.1, -0.05) is 6.07 Å². The van der Waals surface area contributed by atoms with Gasteiger partial charge in [-0.25, -0.2) is 4.98 Å². The Hall–Kier alpha value is -2.73. The van der Waals surface area contributed by atoms with Gasteiger partial charge in [0.1, 0.15) is 17.4 Å². The molecule has 0 spiro atoms. The summed E-state index contributed by atoms with van der Waals surface area (Å²) in [5, 5.41) is 5.64. The minimum atomic E-state index is -0.0752. The number of carbonyl (C=O) groups is 1. The first kappa shape index (κ1) is 18.1. The first-order valence-electron chi connectivity index (χ1n) is 8.35. The van der Waals surface area contributed by atoms with Crippen molar-refractivity contribution in [2.45, 2.75) is 33.8 Å². The summed E-state index contributed by atoms with van der Waals surface area (Å²) in [7, 11) is 0. The van der Waals surface area contributed by atoms with Gasteiger partial charge in [0.25, 0.3) is 0 Å². The van der Waals surface area contributed by atoms with E-state index in [4.69, 9.17) is 4.74 Å². The molecule has 1 aromatic carbocycles. The molecule has 0 saturated heterocycles. The predicted octanol–water partition coefficient (Wildman–Crippen LogP) is 4.22. The van der Waals surface area contributed by atoms with Crippen LogP contribution in [0.4, 0.5) is 5.69 Å². The number of aromatic nitrogens is 2. The molecule has 0 unspecified atom stereocenters. The number of nitrogens with one attached hydrogen (secondary N) is 1. The van der Waals surface area contributed by atoms with Crippen LogP contribution in [0.2, 0.25) is 0 Å². The molecule has 26 heavy (non-hydrogen) atoms. The monoisotopic (exact) mass is 367 g/mol. The van der Waals surface area contributed by atoms with Crippen molar-refractivity contribution in [2.24, 2.45) is 0 Å². The van der Waals surface area contributed by atoms with E-state index in [9.17, 15) is 4.79 Å². The SMILES string of the molecule is Cc1ccc(OCc2nc(CC(=O)Nc3ccc(C)c(C)c3)cs2)cn1. The van der Waals surface area contributed by atoms with Gasteiger partial charge in [0.05, 0.1) is 18.3 Å². The molecule has 0 saturated carbocycles. The lowest BCUT2D eigenvalue weighted by atomic mass is 10.1. The quantitative estimate of drug-likeness (QED) is 0.708. The fourth-order valence-corrected chi connectivity index (χ4v) is 3.07. The normalized spacial score (nSPS) is 10.6. The third kappa shape index (κ3) is 4.89. The van der Waals surface area contributed by atoms with Gasteiger partial charge in [-0.05, 0) is 56.2 Å².